The Morgan fingerprint density at radius 2 is 2.09 bits per heavy atom. The van der Waals surface area contributed by atoms with E-state index in [0.717, 1.165) is 36.0 Å². The summed E-state index contributed by atoms with van der Waals surface area (Å²) in [6, 6.07) is 9.30. The van der Waals surface area contributed by atoms with Gasteiger partial charge in [0, 0.05) is 12.7 Å². The number of fused-ring (bicyclic) bond motifs is 1. The molecule has 1 aliphatic rings. The molecule has 3 N–H and O–H groups in total. The topological polar surface area (TPSA) is 72.4 Å². The third kappa shape index (κ3) is 4.23. The Balaban J connectivity index is 1.81. The Morgan fingerprint density at radius 1 is 1.28 bits per heavy atom. The van der Waals surface area contributed by atoms with E-state index in [0.29, 0.717) is 35.9 Å². The molecule has 2 heterocycles. The van der Waals surface area contributed by atoms with Crippen LogP contribution >= 0.6 is 0 Å². The van der Waals surface area contributed by atoms with Gasteiger partial charge in [-0.3, -0.25) is 9.20 Å². The Hall–Kier alpha value is -3.25. The first-order valence-corrected chi connectivity index (χ1v) is 11.2. The summed E-state index contributed by atoms with van der Waals surface area (Å²) in [7, 11) is 0. The van der Waals surface area contributed by atoms with Gasteiger partial charge >= 0.3 is 0 Å². The molecule has 0 aliphatic heterocycles. The van der Waals surface area contributed by atoms with Gasteiger partial charge < -0.3 is 11.1 Å². The molecule has 4 rings (SSSR count). The summed E-state index contributed by atoms with van der Waals surface area (Å²) in [5.74, 6) is -0.0186. The van der Waals surface area contributed by atoms with Crippen LogP contribution in [0.2, 0.25) is 0 Å². The molecule has 0 radical (unpaired) electrons. The molecule has 1 atom stereocenters. The summed E-state index contributed by atoms with van der Waals surface area (Å²) in [4.78, 5) is 17.0. The number of aromatic nitrogens is 2. The Bertz CT molecular complexity index is 1210. The average molecular weight is 433 g/mol. The van der Waals surface area contributed by atoms with E-state index in [4.69, 9.17) is 5.73 Å². The van der Waals surface area contributed by atoms with Crippen molar-refractivity contribution < 1.29 is 9.18 Å². The second-order valence-corrected chi connectivity index (χ2v) is 8.22. The molecule has 1 unspecified atom stereocenters. The van der Waals surface area contributed by atoms with Crippen molar-refractivity contribution in [2.24, 2.45) is 11.7 Å². The SMILES string of the molecule is CCC1CC=CC(c2ccc3ncc(C(=O)NCCCN)n3c2)=C1c1ccc(F)c(C)c1. The quantitative estimate of drug-likeness (QED) is 0.529. The number of nitrogens with two attached hydrogens (primary N) is 1. The second kappa shape index (κ2) is 9.49. The van der Waals surface area contributed by atoms with Gasteiger partial charge in [-0.2, -0.15) is 0 Å². The van der Waals surface area contributed by atoms with Crippen molar-refractivity contribution in [2.75, 3.05) is 13.1 Å². The molecule has 1 aliphatic carbocycles. The van der Waals surface area contributed by atoms with E-state index in [9.17, 15) is 9.18 Å². The smallest absolute Gasteiger partial charge is 0.269 e. The van der Waals surface area contributed by atoms with E-state index in [2.05, 4.69) is 29.4 Å². The summed E-state index contributed by atoms with van der Waals surface area (Å²) in [5.41, 5.74) is 11.7. The van der Waals surface area contributed by atoms with Crippen LogP contribution in [0.1, 0.15) is 53.4 Å². The number of carbonyl (C=O) groups excluding carboxylic acids is 1. The highest BCUT2D eigenvalue weighted by Gasteiger charge is 2.22. The zero-order chi connectivity index (χ0) is 22.7. The van der Waals surface area contributed by atoms with Crippen LogP contribution in [0.4, 0.5) is 4.39 Å². The molecule has 0 saturated carbocycles. The lowest BCUT2D eigenvalue weighted by molar-refractivity contribution is 0.0947. The average Bonchev–Trinajstić information content (AvgIpc) is 3.24. The third-order valence-corrected chi connectivity index (χ3v) is 6.08. The van der Waals surface area contributed by atoms with E-state index in [1.165, 1.54) is 5.57 Å². The van der Waals surface area contributed by atoms with Gasteiger partial charge in [0.2, 0.25) is 0 Å². The van der Waals surface area contributed by atoms with Crippen molar-refractivity contribution in [1.29, 1.82) is 0 Å². The molecule has 5 nitrogen and oxygen atoms in total. The third-order valence-electron chi connectivity index (χ3n) is 6.08. The minimum absolute atomic E-state index is 0.169. The van der Waals surface area contributed by atoms with Crippen LogP contribution in [0, 0.1) is 18.7 Å². The number of nitrogens with one attached hydrogen (secondary N) is 1. The maximum absolute atomic E-state index is 14.0. The second-order valence-electron chi connectivity index (χ2n) is 8.22. The number of imidazole rings is 1. The van der Waals surface area contributed by atoms with Gasteiger partial charge in [0.25, 0.3) is 5.91 Å². The van der Waals surface area contributed by atoms with Gasteiger partial charge in [-0.15, -0.1) is 0 Å². The minimum Gasteiger partial charge on any atom is -0.351 e. The van der Waals surface area contributed by atoms with Gasteiger partial charge in [-0.1, -0.05) is 25.1 Å². The number of rotatable bonds is 7. The van der Waals surface area contributed by atoms with Gasteiger partial charge in [-0.25, -0.2) is 9.37 Å². The Kier molecular flexibility index (Phi) is 6.51. The van der Waals surface area contributed by atoms with Crippen molar-refractivity contribution in [3.05, 3.63) is 83.1 Å². The molecule has 0 saturated heterocycles. The predicted molar refractivity (Wildman–Crippen MR) is 127 cm³/mol. The molecular formula is C26H29FN4O. The first kappa shape index (κ1) is 22.0. The van der Waals surface area contributed by atoms with Crippen LogP contribution in [0.15, 0.2) is 54.9 Å². The normalized spacial score (nSPS) is 16.1. The standard InChI is InChI=1S/C26H29FN4O/c1-3-18-6-4-7-21(25(18)19-8-10-22(27)17(2)14-19)20-9-11-24-30-15-23(31(24)16-20)26(32)29-13-5-12-28/h4,7-11,14-16,18H,3,5-6,12-13,28H2,1-2H3,(H,29,32). The molecule has 0 fully saturated rings. The van der Waals surface area contributed by atoms with Crippen LogP contribution in [-0.4, -0.2) is 28.4 Å². The first-order valence-electron chi connectivity index (χ1n) is 11.2. The predicted octanol–water partition coefficient (Wildman–Crippen LogP) is 4.76. The molecule has 0 bridgehead atoms. The number of carbonyl (C=O) groups is 1. The fourth-order valence-electron chi connectivity index (χ4n) is 4.31. The highest BCUT2D eigenvalue weighted by Crippen LogP contribution is 2.40. The number of amides is 1. The zero-order valence-electron chi connectivity index (χ0n) is 18.6. The van der Waals surface area contributed by atoms with E-state index >= 15 is 0 Å². The van der Waals surface area contributed by atoms with Crippen molar-refractivity contribution >= 4 is 22.7 Å². The highest BCUT2D eigenvalue weighted by atomic mass is 19.1. The molecule has 1 aromatic carbocycles. The van der Waals surface area contributed by atoms with Crippen molar-refractivity contribution in [2.45, 2.75) is 33.1 Å². The van der Waals surface area contributed by atoms with E-state index < -0.39 is 0 Å². The summed E-state index contributed by atoms with van der Waals surface area (Å²) in [6.45, 7) is 5.04. The lowest BCUT2D eigenvalue weighted by Crippen LogP contribution is -2.27. The lowest BCUT2D eigenvalue weighted by Gasteiger charge is -2.25. The number of hydrogen-bond acceptors (Lipinski definition) is 3. The monoisotopic (exact) mass is 432 g/mol. The van der Waals surface area contributed by atoms with Crippen molar-refractivity contribution in [1.82, 2.24) is 14.7 Å². The number of halogens is 1. The molecule has 32 heavy (non-hydrogen) atoms. The fourth-order valence-corrected chi connectivity index (χ4v) is 4.31. The summed E-state index contributed by atoms with van der Waals surface area (Å²) < 4.78 is 15.8. The van der Waals surface area contributed by atoms with Crippen LogP contribution in [0.25, 0.3) is 16.8 Å². The van der Waals surface area contributed by atoms with E-state index in [-0.39, 0.29) is 11.7 Å². The number of pyridine rings is 1. The maximum atomic E-state index is 14.0. The summed E-state index contributed by atoms with van der Waals surface area (Å²) >= 11 is 0. The van der Waals surface area contributed by atoms with Gasteiger partial charge in [0.1, 0.15) is 17.2 Å². The van der Waals surface area contributed by atoms with Crippen LogP contribution in [0.3, 0.4) is 0 Å². The van der Waals surface area contributed by atoms with Gasteiger partial charge in [-0.05, 0) is 90.8 Å². The molecule has 6 heteroatoms. The minimum atomic E-state index is -0.194. The Labute approximate surface area is 187 Å². The zero-order valence-corrected chi connectivity index (χ0v) is 18.6. The molecule has 2 aromatic heterocycles. The number of allylic oxidation sites excluding steroid dienone is 4. The number of aryl methyl sites for hydroxylation is 1. The molecule has 166 valence electrons. The molecular weight excluding hydrogens is 403 g/mol. The van der Waals surface area contributed by atoms with E-state index in [1.807, 2.05) is 34.9 Å². The summed E-state index contributed by atoms with van der Waals surface area (Å²) in [6.07, 6.45) is 10.6. The number of nitrogens with zero attached hydrogens (tertiary/aromatic N) is 2. The van der Waals surface area contributed by atoms with Gasteiger partial charge in [0.05, 0.1) is 6.20 Å². The Morgan fingerprint density at radius 3 is 2.84 bits per heavy atom. The fraction of sp³-hybridized carbons (Fsp3) is 0.308. The van der Waals surface area contributed by atoms with Crippen LogP contribution < -0.4 is 11.1 Å². The largest absolute Gasteiger partial charge is 0.351 e. The van der Waals surface area contributed by atoms with Crippen molar-refractivity contribution in [3.63, 3.8) is 0 Å². The molecule has 1 amide bonds. The highest BCUT2D eigenvalue weighted by molar-refractivity contribution is 5.98. The van der Waals surface area contributed by atoms with Gasteiger partial charge in [0.15, 0.2) is 0 Å². The van der Waals surface area contributed by atoms with Crippen LogP contribution in [0.5, 0.6) is 0 Å². The van der Waals surface area contributed by atoms with Crippen LogP contribution in [-0.2, 0) is 0 Å². The lowest BCUT2D eigenvalue weighted by atomic mass is 9.79. The number of hydrogen-bond donors (Lipinski definition) is 2. The first-order chi connectivity index (χ1) is 15.5. The molecule has 3 aromatic rings. The number of benzene rings is 1. The van der Waals surface area contributed by atoms with E-state index in [1.54, 1.807) is 19.2 Å². The summed E-state index contributed by atoms with van der Waals surface area (Å²) in [5, 5.41) is 2.90. The maximum Gasteiger partial charge on any atom is 0.269 e. The molecule has 0 spiro atoms. The van der Waals surface area contributed by atoms with Crippen molar-refractivity contribution in [3.8, 4) is 0 Å².